The Balaban J connectivity index is 1.63. The molecule has 0 atom stereocenters. The van der Waals surface area contributed by atoms with E-state index in [0.717, 1.165) is 32.8 Å². The summed E-state index contributed by atoms with van der Waals surface area (Å²) in [6.45, 7) is 4.29. The van der Waals surface area contributed by atoms with Crippen molar-refractivity contribution in [3.63, 3.8) is 0 Å². The lowest BCUT2D eigenvalue weighted by Gasteiger charge is -2.26. The van der Waals surface area contributed by atoms with Gasteiger partial charge in [-0.3, -0.25) is 4.90 Å². The van der Waals surface area contributed by atoms with Gasteiger partial charge in [0.25, 0.3) is 5.88 Å². The number of benzene rings is 1. The van der Waals surface area contributed by atoms with Crippen molar-refractivity contribution in [3.05, 3.63) is 34.7 Å². The molecule has 1 aromatic heterocycles. The summed E-state index contributed by atoms with van der Waals surface area (Å²) in [5, 5.41) is 7.36. The van der Waals surface area contributed by atoms with E-state index in [2.05, 4.69) is 24.8 Å². The number of morpholine rings is 1. The van der Waals surface area contributed by atoms with Gasteiger partial charge < -0.3 is 15.2 Å². The topological polar surface area (TPSA) is 99.0 Å². The molecule has 1 aliphatic heterocycles. The number of halogens is 2. The first kappa shape index (κ1) is 17.6. The molecule has 1 aromatic carbocycles. The third kappa shape index (κ3) is 4.65. The number of nitrogens with two attached hydrogens (primary N) is 1. The number of hydrogen-bond donors (Lipinski definition) is 1. The van der Waals surface area contributed by atoms with Gasteiger partial charge in [-0.1, -0.05) is 11.6 Å². The Morgan fingerprint density at radius 2 is 2.16 bits per heavy atom. The third-order valence-corrected chi connectivity index (χ3v) is 3.89. The highest BCUT2D eigenvalue weighted by Gasteiger charge is 2.17. The maximum Gasteiger partial charge on any atom is 0.287 e. The monoisotopic (exact) mass is 369 g/mol. The van der Waals surface area contributed by atoms with Crippen LogP contribution in [0.3, 0.4) is 0 Å². The molecular weight excluding hydrogens is 353 g/mol. The Morgan fingerprint density at radius 3 is 2.92 bits per heavy atom. The second kappa shape index (κ2) is 8.24. The van der Waals surface area contributed by atoms with Gasteiger partial charge in [0.1, 0.15) is 12.4 Å². The summed E-state index contributed by atoms with van der Waals surface area (Å²) in [6, 6.07) is 4.01. The fourth-order valence-corrected chi connectivity index (χ4v) is 2.45. The summed E-state index contributed by atoms with van der Waals surface area (Å²) in [4.78, 5) is 6.35. The maximum absolute atomic E-state index is 13.2. The molecule has 0 unspecified atom stereocenters. The third-order valence-electron chi connectivity index (χ3n) is 3.60. The van der Waals surface area contributed by atoms with E-state index in [1.807, 2.05) is 0 Å². The van der Waals surface area contributed by atoms with Crippen molar-refractivity contribution in [1.29, 1.82) is 0 Å². The van der Waals surface area contributed by atoms with E-state index in [4.69, 9.17) is 26.8 Å². The van der Waals surface area contributed by atoms with Crippen molar-refractivity contribution < 1.29 is 18.5 Å². The minimum absolute atomic E-state index is 0.0327. The normalized spacial score (nSPS) is 16.2. The summed E-state index contributed by atoms with van der Waals surface area (Å²) < 4.78 is 28.7. The van der Waals surface area contributed by atoms with Crippen LogP contribution in [0.15, 0.2) is 27.8 Å². The lowest BCUT2D eigenvalue weighted by Crippen LogP contribution is -2.38. The number of amidine groups is 1. The molecular formula is C15H17ClFN5O3. The van der Waals surface area contributed by atoms with Crippen LogP contribution in [0.25, 0.3) is 0 Å². The first-order valence-corrected chi connectivity index (χ1v) is 8.06. The molecule has 2 N–H and O–H groups in total. The fourth-order valence-electron chi connectivity index (χ4n) is 2.27. The summed E-state index contributed by atoms with van der Waals surface area (Å²) in [5.41, 5.74) is 6.48. The summed E-state index contributed by atoms with van der Waals surface area (Å²) in [5.74, 6) is -0.345. The average Bonchev–Trinajstić information content (AvgIpc) is 3.08. The fraction of sp³-hybridized carbons (Fsp3) is 0.400. The Bertz CT molecular complexity index is 749. The average molecular weight is 370 g/mol. The number of rotatable bonds is 6. The highest BCUT2D eigenvalue weighted by Crippen LogP contribution is 2.22. The molecule has 0 saturated carbocycles. The molecule has 2 heterocycles. The first-order chi connectivity index (χ1) is 12.1. The van der Waals surface area contributed by atoms with Gasteiger partial charge in [0.15, 0.2) is 5.84 Å². The smallest absolute Gasteiger partial charge is 0.287 e. The van der Waals surface area contributed by atoms with Crippen LogP contribution >= 0.6 is 11.6 Å². The number of aliphatic imine (C=N–C) groups is 1. The highest BCUT2D eigenvalue weighted by atomic mass is 35.5. The van der Waals surface area contributed by atoms with E-state index in [9.17, 15) is 4.39 Å². The molecule has 1 aliphatic rings. The van der Waals surface area contributed by atoms with Crippen LogP contribution in [0, 0.1) is 5.82 Å². The first-order valence-electron chi connectivity index (χ1n) is 7.68. The zero-order valence-electron chi connectivity index (χ0n) is 13.3. The molecule has 0 radical (unpaired) electrons. The number of nitrogens with zero attached hydrogens (tertiary/aromatic N) is 4. The molecule has 2 aromatic rings. The van der Waals surface area contributed by atoms with Crippen molar-refractivity contribution in [2.24, 2.45) is 10.7 Å². The van der Waals surface area contributed by atoms with Crippen molar-refractivity contribution in [2.75, 3.05) is 39.5 Å². The predicted octanol–water partition coefficient (Wildman–Crippen LogP) is 1.61. The van der Waals surface area contributed by atoms with Gasteiger partial charge in [0.2, 0.25) is 5.69 Å². The Morgan fingerprint density at radius 1 is 1.36 bits per heavy atom. The molecule has 0 spiro atoms. The standard InChI is InChI=1S/C15H17ClFN5O3/c16-11-9-10(1-2-12(11)17)19-14(18)13-15(21-25-20-13)24-8-5-22-3-6-23-7-4-22/h1-2,9H,3-8H2,(H2,18,19). The van der Waals surface area contributed by atoms with Gasteiger partial charge in [0.05, 0.1) is 23.9 Å². The molecule has 3 rings (SSSR count). The van der Waals surface area contributed by atoms with E-state index in [-0.39, 0.29) is 22.4 Å². The van der Waals surface area contributed by atoms with Gasteiger partial charge in [-0.05, 0) is 28.5 Å². The van der Waals surface area contributed by atoms with Crippen LogP contribution in [0.5, 0.6) is 5.88 Å². The van der Waals surface area contributed by atoms with E-state index in [0.29, 0.717) is 12.3 Å². The van der Waals surface area contributed by atoms with E-state index >= 15 is 0 Å². The van der Waals surface area contributed by atoms with Crippen molar-refractivity contribution >= 4 is 23.1 Å². The van der Waals surface area contributed by atoms with Crippen molar-refractivity contribution in [1.82, 2.24) is 15.2 Å². The molecule has 8 nitrogen and oxygen atoms in total. The van der Waals surface area contributed by atoms with Gasteiger partial charge in [0, 0.05) is 19.6 Å². The lowest BCUT2D eigenvalue weighted by molar-refractivity contribution is 0.0318. The Kier molecular flexibility index (Phi) is 5.79. The van der Waals surface area contributed by atoms with Crippen LogP contribution in [-0.2, 0) is 4.74 Å². The Hall–Kier alpha value is -2.23. The molecule has 10 heteroatoms. The lowest BCUT2D eigenvalue weighted by atomic mass is 10.3. The zero-order chi connectivity index (χ0) is 17.6. The van der Waals surface area contributed by atoms with Crippen LogP contribution in [-0.4, -0.2) is 60.5 Å². The summed E-state index contributed by atoms with van der Waals surface area (Å²) in [6.07, 6.45) is 0. The SMILES string of the molecule is NC(=Nc1ccc(F)c(Cl)c1)c1nonc1OCCN1CCOCC1. The van der Waals surface area contributed by atoms with Crippen molar-refractivity contribution in [3.8, 4) is 5.88 Å². The minimum Gasteiger partial charge on any atom is -0.472 e. The second-order valence-corrected chi connectivity index (χ2v) is 5.72. The minimum atomic E-state index is -0.533. The number of aromatic nitrogens is 2. The predicted molar refractivity (Wildman–Crippen MR) is 88.8 cm³/mol. The van der Waals surface area contributed by atoms with Gasteiger partial charge in [-0.2, -0.15) is 0 Å². The molecule has 1 saturated heterocycles. The molecule has 134 valence electrons. The van der Waals surface area contributed by atoms with E-state index in [1.165, 1.54) is 18.2 Å². The van der Waals surface area contributed by atoms with Gasteiger partial charge >= 0.3 is 0 Å². The zero-order valence-corrected chi connectivity index (χ0v) is 14.1. The largest absolute Gasteiger partial charge is 0.472 e. The van der Waals surface area contributed by atoms with Gasteiger partial charge in [-0.15, -0.1) is 0 Å². The van der Waals surface area contributed by atoms with Crippen LogP contribution < -0.4 is 10.5 Å². The molecule has 0 aliphatic carbocycles. The highest BCUT2D eigenvalue weighted by molar-refractivity contribution is 6.31. The number of hydrogen-bond acceptors (Lipinski definition) is 7. The van der Waals surface area contributed by atoms with Crippen LogP contribution in [0.2, 0.25) is 5.02 Å². The molecule has 0 amide bonds. The molecule has 1 fully saturated rings. The molecule has 25 heavy (non-hydrogen) atoms. The van der Waals surface area contributed by atoms with E-state index in [1.54, 1.807) is 0 Å². The number of ether oxygens (including phenoxy) is 2. The van der Waals surface area contributed by atoms with E-state index < -0.39 is 5.82 Å². The maximum atomic E-state index is 13.2. The van der Waals surface area contributed by atoms with Gasteiger partial charge in [-0.25, -0.2) is 14.0 Å². The molecule has 0 bridgehead atoms. The summed E-state index contributed by atoms with van der Waals surface area (Å²) >= 11 is 5.73. The Labute approximate surface area is 148 Å². The van der Waals surface area contributed by atoms with Crippen LogP contribution in [0.4, 0.5) is 10.1 Å². The van der Waals surface area contributed by atoms with Crippen LogP contribution in [0.1, 0.15) is 5.69 Å². The van der Waals surface area contributed by atoms with Crippen molar-refractivity contribution in [2.45, 2.75) is 0 Å². The summed E-state index contributed by atoms with van der Waals surface area (Å²) in [7, 11) is 0. The second-order valence-electron chi connectivity index (χ2n) is 5.32. The quantitative estimate of drug-likeness (QED) is 0.610.